The number of nitrogens with zero attached hydrogens (tertiary/aromatic N) is 2. The van der Waals surface area contributed by atoms with Gasteiger partial charge in [-0.15, -0.1) is 11.3 Å². The maximum absolute atomic E-state index is 12.1. The van der Waals surface area contributed by atoms with Crippen molar-refractivity contribution in [1.82, 2.24) is 15.3 Å². The van der Waals surface area contributed by atoms with Gasteiger partial charge in [-0.25, -0.2) is 4.98 Å². The second-order valence-electron chi connectivity index (χ2n) is 3.99. The number of hydrogen-bond donors (Lipinski definition) is 2. The first-order valence-electron chi connectivity index (χ1n) is 6.08. The van der Waals surface area contributed by atoms with Crippen molar-refractivity contribution in [1.29, 1.82) is 0 Å². The molecule has 2 rings (SSSR count). The largest absolute Gasteiger partial charge is 0.372 e. The molecule has 0 radical (unpaired) electrons. The molecular weight excluding hydrogens is 260 g/mol. The summed E-state index contributed by atoms with van der Waals surface area (Å²) in [5, 5.41) is 7.85. The first-order chi connectivity index (χ1) is 9.24. The molecule has 0 fully saturated rings. The monoisotopic (exact) mass is 276 g/mol. The molecular formula is C13H16N4OS. The van der Waals surface area contributed by atoms with Gasteiger partial charge in [0.15, 0.2) is 0 Å². The van der Waals surface area contributed by atoms with Gasteiger partial charge in [-0.05, 0) is 17.9 Å². The minimum atomic E-state index is -0.204. The molecule has 2 heterocycles. The van der Waals surface area contributed by atoms with Gasteiger partial charge >= 0.3 is 0 Å². The second-order valence-corrected chi connectivity index (χ2v) is 4.97. The van der Waals surface area contributed by atoms with Crippen LogP contribution in [-0.4, -0.2) is 22.9 Å². The molecule has 0 bridgehead atoms. The van der Waals surface area contributed by atoms with Crippen molar-refractivity contribution in [2.45, 2.75) is 19.4 Å². The average molecular weight is 276 g/mol. The van der Waals surface area contributed by atoms with E-state index in [0.29, 0.717) is 11.5 Å². The summed E-state index contributed by atoms with van der Waals surface area (Å²) in [6.45, 7) is 2.04. The zero-order valence-corrected chi connectivity index (χ0v) is 11.7. The molecule has 0 aromatic carbocycles. The molecule has 100 valence electrons. The van der Waals surface area contributed by atoms with E-state index in [2.05, 4.69) is 20.6 Å². The summed E-state index contributed by atoms with van der Waals surface area (Å²) >= 11 is 1.64. The van der Waals surface area contributed by atoms with Crippen molar-refractivity contribution in [2.24, 2.45) is 0 Å². The van der Waals surface area contributed by atoms with E-state index in [0.717, 1.165) is 11.3 Å². The van der Waals surface area contributed by atoms with Gasteiger partial charge in [0.2, 0.25) is 0 Å². The first-order valence-corrected chi connectivity index (χ1v) is 6.96. The maximum Gasteiger partial charge on any atom is 0.272 e. The minimum absolute atomic E-state index is 0.0209. The Morgan fingerprint density at radius 2 is 2.32 bits per heavy atom. The van der Waals surface area contributed by atoms with Crippen molar-refractivity contribution in [3.8, 4) is 0 Å². The number of aromatic nitrogens is 2. The van der Waals surface area contributed by atoms with Gasteiger partial charge in [0.25, 0.3) is 5.91 Å². The molecule has 2 N–H and O–H groups in total. The van der Waals surface area contributed by atoms with E-state index >= 15 is 0 Å². The number of amides is 1. The molecule has 0 aliphatic carbocycles. The number of thiophene rings is 1. The average Bonchev–Trinajstić information content (AvgIpc) is 2.98. The Morgan fingerprint density at radius 3 is 2.95 bits per heavy atom. The van der Waals surface area contributed by atoms with Gasteiger partial charge in [-0.2, -0.15) is 0 Å². The summed E-state index contributed by atoms with van der Waals surface area (Å²) < 4.78 is 0. The molecule has 0 spiro atoms. The number of rotatable bonds is 5. The van der Waals surface area contributed by atoms with Crippen molar-refractivity contribution >= 4 is 23.1 Å². The lowest BCUT2D eigenvalue weighted by atomic mass is 10.2. The van der Waals surface area contributed by atoms with Gasteiger partial charge in [-0.3, -0.25) is 9.78 Å². The van der Waals surface area contributed by atoms with Crippen LogP contribution in [0.3, 0.4) is 0 Å². The van der Waals surface area contributed by atoms with Crippen LogP contribution < -0.4 is 10.6 Å². The standard InChI is InChI=1S/C13H16N4OS/c1-3-9(11-5-4-6-19-11)17-13(18)10-7-15-8-12(14-2)16-10/h4-9H,3H2,1-2H3,(H,14,16)(H,17,18). The van der Waals surface area contributed by atoms with Gasteiger partial charge in [0.1, 0.15) is 11.5 Å². The van der Waals surface area contributed by atoms with Crippen LogP contribution in [0.4, 0.5) is 5.82 Å². The van der Waals surface area contributed by atoms with Crippen molar-refractivity contribution in [2.75, 3.05) is 12.4 Å². The summed E-state index contributed by atoms with van der Waals surface area (Å²) in [6.07, 6.45) is 3.88. The van der Waals surface area contributed by atoms with Gasteiger partial charge in [-0.1, -0.05) is 13.0 Å². The highest BCUT2D eigenvalue weighted by atomic mass is 32.1. The van der Waals surface area contributed by atoms with E-state index in [1.165, 1.54) is 6.20 Å². The van der Waals surface area contributed by atoms with Crippen LogP contribution >= 0.6 is 11.3 Å². The zero-order chi connectivity index (χ0) is 13.7. The van der Waals surface area contributed by atoms with Crippen LogP contribution in [0.15, 0.2) is 29.9 Å². The summed E-state index contributed by atoms with van der Waals surface area (Å²) in [7, 11) is 1.74. The third-order valence-corrected chi connectivity index (χ3v) is 3.71. The number of carbonyl (C=O) groups is 1. The Morgan fingerprint density at radius 1 is 1.47 bits per heavy atom. The number of anilines is 1. The molecule has 5 nitrogen and oxygen atoms in total. The van der Waals surface area contributed by atoms with Gasteiger partial charge in [0, 0.05) is 11.9 Å². The summed E-state index contributed by atoms with van der Waals surface area (Å²) in [5.41, 5.74) is 0.321. The molecule has 0 saturated heterocycles. The molecule has 1 atom stereocenters. The molecule has 1 unspecified atom stereocenters. The smallest absolute Gasteiger partial charge is 0.272 e. The molecule has 19 heavy (non-hydrogen) atoms. The lowest BCUT2D eigenvalue weighted by molar-refractivity contribution is 0.0931. The Bertz CT molecular complexity index is 541. The molecule has 1 amide bonds. The van der Waals surface area contributed by atoms with E-state index in [9.17, 15) is 4.79 Å². The van der Waals surface area contributed by atoms with Crippen LogP contribution in [0.5, 0.6) is 0 Å². The molecule has 2 aromatic heterocycles. The Hall–Kier alpha value is -1.95. The second kappa shape index (κ2) is 6.29. The van der Waals surface area contributed by atoms with Crippen LogP contribution in [0.25, 0.3) is 0 Å². The molecule has 2 aromatic rings. The number of nitrogens with one attached hydrogen (secondary N) is 2. The first kappa shape index (κ1) is 13.5. The number of carbonyl (C=O) groups excluding carboxylic acids is 1. The lowest BCUT2D eigenvalue weighted by Crippen LogP contribution is -2.28. The summed E-state index contributed by atoms with van der Waals surface area (Å²) in [5.74, 6) is 0.377. The van der Waals surface area contributed by atoms with Crippen molar-refractivity contribution < 1.29 is 4.79 Å². The number of hydrogen-bond acceptors (Lipinski definition) is 5. The zero-order valence-electron chi connectivity index (χ0n) is 10.9. The molecule has 0 aliphatic rings. The minimum Gasteiger partial charge on any atom is -0.372 e. The third kappa shape index (κ3) is 3.29. The molecule has 0 aliphatic heterocycles. The fraction of sp³-hybridized carbons (Fsp3) is 0.308. The quantitative estimate of drug-likeness (QED) is 0.880. The highest BCUT2D eigenvalue weighted by Crippen LogP contribution is 2.21. The van der Waals surface area contributed by atoms with Crippen LogP contribution in [0, 0.1) is 0 Å². The predicted molar refractivity (Wildman–Crippen MR) is 76.4 cm³/mol. The molecule has 0 saturated carbocycles. The van der Waals surface area contributed by atoms with Gasteiger partial charge < -0.3 is 10.6 Å². The molecule has 6 heteroatoms. The van der Waals surface area contributed by atoms with Crippen molar-refractivity contribution in [3.05, 3.63) is 40.5 Å². The fourth-order valence-corrected chi connectivity index (χ4v) is 2.55. The topological polar surface area (TPSA) is 66.9 Å². The van der Waals surface area contributed by atoms with Gasteiger partial charge in [0.05, 0.1) is 18.4 Å². The maximum atomic E-state index is 12.1. The van der Waals surface area contributed by atoms with Crippen LogP contribution in [0.2, 0.25) is 0 Å². The fourth-order valence-electron chi connectivity index (χ4n) is 1.69. The summed E-state index contributed by atoms with van der Waals surface area (Å²) in [4.78, 5) is 21.5. The Balaban J connectivity index is 2.11. The van der Waals surface area contributed by atoms with Crippen LogP contribution in [-0.2, 0) is 0 Å². The third-order valence-electron chi connectivity index (χ3n) is 2.72. The van der Waals surface area contributed by atoms with Crippen molar-refractivity contribution in [3.63, 3.8) is 0 Å². The predicted octanol–water partition coefficient (Wildman–Crippen LogP) is 2.46. The van der Waals surface area contributed by atoms with E-state index in [4.69, 9.17) is 0 Å². The lowest BCUT2D eigenvalue weighted by Gasteiger charge is -2.15. The normalized spacial score (nSPS) is 11.9. The van der Waals surface area contributed by atoms with E-state index < -0.39 is 0 Å². The Labute approximate surface area is 116 Å². The van der Waals surface area contributed by atoms with E-state index in [-0.39, 0.29) is 11.9 Å². The van der Waals surface area contributed by atoms with E-state index in [1.807, 2.05) is 24.4 Å². The highest BCUT2D eigenvalue weighted by molar-refractivity contribution is 7.10. The summed E-state index contributed by atoms with van der Waals surface area (Å²) in [6, 6.07) is 4.03. The van der Waals surface area contributed by atoms with Crippen LogP contribution in [0.1, 0.15) is 34.8 Å². The SMILES string of the molecule is CCC(NC(=O)c1cncc(NC)n1)c1cccs1. The Kier molecular flexibility index (Phi) is 4.46. The highest BCUT2D eigenvalue weighted by Gasteiger charge is 2.16. The van der Waals surface area contributed by atoms with E-state index in [1.54, 1.807) is 24.6 Å².